The van der Waals surface area contributed by atoms with Gasteiger partial charge in [-0.3, -0.25) is 9.48 Å². The molecule has 6 nitrogen and oxygen atoms in total. The van der Waals surface area contributed by atoms with Gasteiger partial charge < -0.3 is 10.1 Å². The number of nitrogens with one attached hydrogen (secondary N) is 1. The third kappa shape index (κ3) is 4.16. The molecule has 0 aliphatic rings. The van der Waals surface area contributed by atoms with Crippen molar-refractivity contribution in [1.82, 2.24) is 14.8 Å². The SMILES string of the molecule is COc1ncc(Cn2cc(NC(C)=O)cn2)cc1-c1cccc(Cl)c1. The minimum atomic E-state index is -0.131. The maximum Gasteiger partial charge on any atom is 0.221 e. The summed E-state index contributed by atoms with van der Waals surface area (Å²) in [5.41, 5.74) is 3.40. The van der Waals surface area contributed by atoms with E-state index in [1.54, 1.807) is 30.4 Å². The van der Waals surface area contributed by atoms with Crippen LogP contribution in [-0.2, 0) is 11.3 Å². The van der Waals surface area contributed by atoms with Gasteiger partial charge in [0.25, 0.3) is 0 Å². The van der Waals surface area contributed by atoms with Gasteiger partial charge >= 0.3 is 0 Å². The van der Waals surface area contributed by atoms with Crippen LogP contribution in [0.5, 0.6) is 5.88 Å². The van der Waals surface area contributed by atoms with E-state index in [1.807, 2.05) is 30.3 Å². The molecule has 3 aromatic rings. The van der Waals surface area contributed by atoms with Crippen molar-refractivity contribution in [3.05, 3.63) is 59.5 Å². The molecule has 25 heavy (non-hydrogen) atoms. The van der Waals surface area contributed by atoms with Crippen molar-refractivity contribution in [2.24, 2.45) is 0 Å². The molecule has 3 rings (SSSR count). The van der Waals surface area contributed by atoms with Gasteiger partial charge in [0, 0.05) is 29.9 Å². The van der Waals surface area contributed by atoms with Crippen LogP contribution in [0.15, 0.2) is 48.9 Å². The zero-order valence-corrected chi connectivity index (χ0v) is 14.6. The number of methoxy groups -OCH3 is 1. The topological polar surface area (TPSA) is 69.0 Å². The van der Waals surface area contributed by atoms with Crippen LogP contribution in [0.3, 0.4) is 0 Å². The van der Waals surface area contributed by atoms with Gasteiger partial charge in [-0.15, -0.1) is 0 Å². The lowest BCUT2D eigenvalue weighted by Gasteiger charge is -2.10. The first-order chi connectivity index (χ1) is 12.0. The lowest BCUT2D eigenvalue weighted by atomic mass is 10.1. The molecule has 0 unspecified atom stereocenters. The monoisotopic (exact) mass is 356 g/mol. The van der Waals surface area contributed by atoms with Crippen LogP contribution in [0.2, 0.25) is 5.02 Å². The maximum absolute atomic E-state index is 11.1. The number of amides is 1. The van der Waals surface area contributed by atoms with E-state index in [-0.39, 0.29) is 5.91 Å². The zero-order chi connectivity index (χ0) is 17.8. The highest BCUT2D eigenvalue weighted by Gasteiger charge is 2.10. The van der Waals surface area contributed by atoms with Gasteiger partial charge in [0.15, 0.2) is 0 Å². The summed E-state index contributed by atoms with van der Waals surface area (Å²) in [6.07, 6.45) is 5.12. The third-order valence-corrected chi connectivity index (χ3v) is 3.77. The molecule has 2 heterocycles. The van der Waals surface area contributed by atoms with Crippen LogP contribution in [0, 0.1) is 0 Å². The largest absolute Gasteiger partial charge is 0.481 e. The van der Waals surface area contributed by atoms with Gasteiger partial charge in [0.2, 0.25) is 11.8 Å². The molecular formula is C18H17ClN4O2. The molecule has 0 radical (unpaired) electrons. The second kappa shape index (κ2) is 7.36. The molecule has 2 aromatic heterocycles. The van der Waals surface area contributed by atoms with E-state index in [1.165, 1.54) is 6.92 Å². The molecule has 1 aromatic carbocycles. The second-order valence-corrected chi connectivity index (χ2v) is 5.95. The number of rotatable bonds is 5. The Balaban J connectivity index is 1.89. The first kappa shape index (κ1) is 17.0. The average Bonchev–Trinajstić information content (AvgIpc) is 3.01. The van der Waals surface area contributed by atoms with Gasteiger partial charge in [-0.2, -0.15) is 5.10 Å². The summed E-state index contributed by atoms with van der Waals surface area (Å²) >= 11 is 6.09. The Morgan fingerprint density at radius 2 is 2.16 bits per heavy atom. The van der Waals surface area contributed by atoms with E-state index in [9.17, 15) is 4.79 Å². The molecule has 0 aliphatic carbocycles. The molecule has 0 saturated carbocycles. The second-order valence-electron chi connectivity index (χ2n) is 5.52. The highest BCUT2D eigenvalue weighted by Crippen LogP contribution is 2.30. The summed E-state index contributed by atoms with van der Waals surface area (Å²) in [7, 11) is 1.59. The first-order valence-corrected chi connectivity index (χ1v) is 8.02. The molecule has 7 heteroatoms. The summed E-state index contributed by atoms with van der Waals surface area (Å²) < 4.78 is 7.10. The highest BCUT2D eigenvalue weighted by atomic mass is 35.5. The highest BCUT2D eigenvalue weighted by molar-refractivity contribution is 6.30. The number of ether oxygens (including phenoxy) is 1. The number of hydrogen-bond donors (Lipinski definition) is 1. The van der Waals surface area contributed by atoms with E-state index in [4.69, 9.17) is 16.3 Å². The van der Waals surface area contributed by atoms with Crippen molar-refractivity contribution >= 4 is 23.2 Å². The fraction of sp³-hybridized carbons (Fsp3) is 0.167. The van der Waals surface area contributed by atoms with Gasteiger partial charge in [0.05, 0.1) is 25.5 Å². The molecular weight excluding hydrogens is 340 g/mol. The molecule has 1 amide bonds. The summed E-state index contributed by atoms with van der Waals surface area (Å²) in [5.74, 6) is 0.402. The van der Waals surface area contributed by atoms with Crippen molar-refractivity contribution < 1.29 is 9.53 Å². The predicted molar refractivity (Wildman–Crippen MR) is 96.9 cm³/mol. The van der Waals surface area contributed by atoms with Crippen molar-refractivity contribution in [1.29, 1.82) is 0 Å². The van der Waals surface area contributed by atoms with Crippen molar-refractivity contribution in [2.45, 2.75) is 13.5 Å². The van der Waals surface area contributed by atoms with E-state index < -0.39 is 0 Å². The van der Waals surface area contributed by atoms with Crippen LogP contribution in [0.25, 0.3) is 11.1 Å². The smallest absolute Gasteiger partial charge is 0.221 e. The fourth-order valence-electron chi connectivity index (χ4n) is 2.51. The first-order valence-electron chi connectivity index (χ1n) is 7.64. The van der Waals surface area contributed by atoms with Gasteiger partial charge in [-0.25, -0.2) is 4.98 Å². The molecule has 0 bridgehead atoms. The minimum Gasteiger partial charge on any atom is -0.481 e. The number of carbonyl (C=O) groups excluding carboxylic acids is 1. The Kier molecular flexibility index (Phi) is 5.00. The number of aromatic nitrogens is 3. The minimum absolute atomic E-state index is 0.131. The van der Waals surface area contributed by atoms with Gasteiger partial charge in [0.1, 0.15) is 0 Å². The summed E-state index contributed by atoms with van der Waals surface area (Å²) in [5, 5.41) is 7.60. The maximum atomic E-state index is 11.1. The Morgan fingerprint density at radius 1 is 1.32 bits per heavy atom. The predicted octanol–water partition coefficient (Wildman–Crippen LogP) is 3.61. The average molecular weight is 357 g/mol. The van der Waals surface area contributed by atoms with E-state index >= 15 is 0 Å². The molecule has 0 spiro atoms. The number of pyridine rings is 1. The van der Waals surface area contributed by atoms with Crippen molar-refractivity contribution in [3.8, 4) is 17.0 Å². The van der Waals surface area contributed by atoms with Crippen LogP contribution < -0.4 is 10.1 Å². The number of halogens is 1. The normalized spacial score (nSPS) is 10.5. The molecule has 0 atom stereocenters. The van der Waals surface area contributed by atoms with E-state index in [0.717, 1.165) is 16.7 Å². The van der Waals surface area contributed by atoms with Crippen LogP contribution in [0.1, 0.15) is 12.5 Å². The number of benzene rings is 1. The number of hydrogen-bond acceptors (Lipinski definition) is 4. The molecule has 0 saturated heterocycles. The standard InChI is InChI=1S/C18H17ClN4O2/c1-12(24)22-16-9-21-23(11-16)10-13-6-17(18(25-2)20-8-13)14-4-3-5-15(19)7-14/h3-9,11H,10H2,1-2H3,(H,22,24). The lowest BCUT2D eigenvalue weighted by Crippen LogP contribution is -2.05. The number of nitrogens with zero attached hydrogens (tertiary/aromatic N) is 3. The van der Waals surface area contributed by atoms with Crippen LogP contribution in [-0.4, -0.2) is 27.8 Å². The molecule has 0 aliphatic heterocycles. The van der Waals surface area contributed by atoms with E-state index in [0.29, 0.717) is 23.1 Å². The fourth-order valence-corrected chi connectivity index (χ4v) is 2.70. The summed E-state index contributed by atoms with van der Waals surface area (Å²) in [6.45, 7) is 1.98. The zero-order valence-electron chi connectivity index (χ0n) is 13.9. The van der Waals surface area contributed by atoms with Crippen molar-refractivity contribution in [2.75, 3.05) is 12.4 Å². The quantitative estimate of drug-likeness (QED) is 0.758. The number of anilines is 1. The Hall–Kier alpha value is -2.86. The Morgan fingerprint density at radius 3 is 2.88 bits per heavy atom. The van der Waals surface area contributed by atoms with Crippen LogP contribution in [0.4, 0.5) is 5.69 Å². The molecule has 0 fully saturated rings. The number of carbonyl (C=O) groups is 1. The van der Waals surface area contributed by atoms with Gasteiger partial charge in [-0.05, 0) is 29.3 Å². The summed E-state index contributed by atoms with van der Waals surface area (Å²) in [4.78, 5) is 15.5. The third-order valence-electron chi connectivity index (χ3n) is 3.53. The van der Waals surface area contributed by atoms with Crippen molar-refractivity contribution in [3.63, 3.8) is 0 Å². The van der Waals surface area contributed by atoms with E-state index in [2.05, 4.69) is 15.4 Å². The lowest BCUT2D eigenvalue weighted by molar-refractivity contribution is -0.114. The Bertz CT molecular complexity index is 908. The van der Waals surface area contributed by atoms with Crippen LogP contribution >= 0.6 is 11.6 Å². The molecule has 128 valence electrons. The van der Waals surface area contributed by atoms with Gasteiger partial charge in [-0.1, -0.05) is 23.7 Å². The molecule has 1 N–H and O–H groups in total. The summed E-state index contributed by atoms with van der Waals surface area (Å²) in [6, 6.07) is 9.53. The Labute approximate surface area is 150 Å².